The smallest absolute Gasteiger partial charge is 0.240 e. The molecule has 1 unspecified atom stereocenters. The molecule has 0 bridgehead atoms. The van der Waals surface area contributed by atoms with E-state index in [0.29, 0.717) is 26.1 Å². The highest BCUT2D eigenvalue weighted by molar-refractivity contribution is 7.99. The van der Waals surface area contributed by atoms with Crippen LogP contribution in [-0.4, -0.2) is 54.0 Å². The lowest BCUT2D eigenvalue weighted by molar-refractivity contribution is -0.132. The number of rotatable bonds is 1. The molecule has 1 atom stereocenters. The highest BCUT2D eigenvalue weighted by atomic mass is 32.2. The van der Waals surface area contributed by atoms with Crippen LogP contribution in [0.25, 0.3) is 0 Å². The topological polar surface area (TPSA) is 61.4 Å². The first-order valence-electron chi connectivity index (χ1n) is 5.14. The minimum atomic E-state index is -0.0526. The molecule has 2 heterocycles. The molecule has 2 fully saturated rings. The van der Waals surface area contributed by atoms with Crippen molar-refractivity contribution in [1.29, 1.82) is 0 Å². The number of hydrogen-bond acceptors (Lipinski definition) is 4. The molecule has 5 nitrogen and oxygen atoms in total. The number of amides is 2. The molecule has 2 N–H and O–H groups in total. The summed E-state index contributed by atoms with van der Waals surface area (Å²) < 4.78 is 0. The zero-order chi connectivity index (χ0) is 10.7. The zero-order valence-electron chi connectivity index (χ0n) is 8.49. The molecule has 0 aromatic rings. The minimum Gasteiger partial charge on any atom is -0.354 e. The Morgan fingerprint density at radius 2 is 2.33 bits per heavy atom. The third-order valence-corrected chi connectivity index (χ3v) is 3.58. The van der Waals surface area contributed by atoms with Crippen LogP contribution in [0.2, 0.25) is 0 Å². The SMILES string of the molecule is O=C1CCN(C(=O)C2CSCN2)CCN1. The molecule has 6 heteroatoms. The maximum atomic E-state index is 12.0. The van der Waals surface area contributed by atoms with Crippen molar-refractivity contribution >= 4 is 23.6 Å². The van der Waals surface area contributed by atoms with Gasteiger partial charge in [0, 0.05) is 37.7 Å². The lowest BCUT2D eigenvalue weighted by atomic mass is 10.2. The van der Waals surface area contributed by atoms with Gasteiger partial charge in [0.15, 0.2) is 0 Å². The van der Waals surface area contributed by atoms with Crippen molar-refractivity contribution in [2.24, 2.45) is 0 Å². The van der Waals surface area contributed by atoms with Gasteiger partial charge in [-0.05, 0) is 0 Å². The average molecular weight is 229 g/mol. The van der Waals surface area contributed by atoms with Gasteiger partial charge in [0.1, 0.15) is 0 Å². The van der Waals surface area contributed by atoms with Gasteiger partial charge in [-0.2, -0.15) is 0 Å². The highest BCUT2D eigenvalue weighted by Crippen LogP contribution is 2.12. The number of carbonyl (C=O) groups is 2. The van der Waals surface area contributed by atoms with Gasteiger partial charge < -0.3 is 10.2 Å². The van der Waals surface area contributed by atoms with Crippen LogP contribution in [0.5, 0.6) is 0 Å². The van der Waals surface area contributed by atoms with E-state index in [4.69, 9.17) is 0 Å². The van der Waals surface area contributed by atoms with Crippen molar-refractivity contribution < 1.29 is 9.59 Å². The predicted molar refractivity (Wildman–Crippen MR) is 58.5 cm³/mol. The highest BCUT2D eigenvalue weighted by Gasteiger charge is 2.28. The molecule has 0 aromatic carbocycles. The van der Waals surface area contributed by atoms with E-state index >= 15 is 0 Å². The standard InChI is InChI=1S/C9H15N3O2S/c13-8-1-3-12(4-2-10-8)9(14)7-5-15-6-11-7/h7,11H,1-6H2,(H,10,13). The third kappa shape index (κ3) is 2.63. The maximum Gasteiger partial charge on any atom is 0.240 e. The lowest BCUT2D eigenvalue weighted by Gasteiger charge is -2.22. The van der Waals surface area contributed by atoms with E-state index in [0.717, 1.165) is 11.6 Å². The molecule has 84 valence electrons. The monoisotopic (exact) mass is 229 g/mol. The normalized spacial score (nSPS) is 27.3. The van der Waals surface area contributed by atoms with Crippen molar-refractivity contribution in [2.75, 3.05) is 31.3 Å². The molecule has 0 radical (unpaired) electrons. The average Bonchev–Trinajstić information content (AvgIpc) is 2.67. The molecular formula is C9H15N3O2S. The summed E-state index contributed by atoms with van der Waals surface area (Å²) in [5.74, 6) is 1.87. The Hall–Kier alpha value is -0.750. The van der Waals surface area contributed by atoms with Crippen LogP contribution < -0.4 is 10.6 Å². The summed E-state index contributed by atoms with van der Waals surface area (Å²) in [5.41, 5.74) is 0. The van der Waals surface area contributed by atoms with Crippen LogP contribution in [0.3, 0.4) is 0 Å². The Balaban J connectivity index is 1.91. The summed E-state index contributed by atoms with van der Waals surface area (Å²) in [6.07, 6.45) is 0.422. The van der Waals surface area contributed by atoms with Gasteiger partial charge in [0.2, 0.25) is 11.8 Å². The van der Waals surface area contributed by atoms with Crippen molar-refractivity contribution in [2.45, 2.75) is 12.5 Å². The fourth-order valence-electron chi connectivity index (χ4n) is 1.76. The summed E-state index contributed by atoms with van der Waals surface area (Å²) >= 11 is 1.74. The maximum absolute atomic E-state index is 12.0. The van der Waals surface area contributed by atoms with Crippen molar-refractivity contribution in [1.82, 2.24) is 15.5 Å². The van der Waals surface area contributed by atoms with E-state index < -0.39 is 0 Å². The molecule has 2 amide bonds. The quantitative estimate of drug-likeness (QED) is 0.605. The molecule has 0 saturated carbocycles. The van der Waals surface area contributed by atoms with Crippen molar-refractivity contribution in [3.05, 3.63) is 0 Å². The molecule has 0 spiro atoms. The molecule has 2 rings (SSSR count). The second kappa shape index (κ2) is 4.85. The van der Waals surface area contributed by atoms with Crippen LogP contribution in [-0.2, 0) is 9.59 Å². The second-order valence-corrected chi connectivity index (χ2v) is 4.73. The van der Waals surface area contributed by atoms with E-state index in [9.17, 15) is 9.59 Å². The Morgan fingerprint density at radius 1 is 1.47 bits per heavy atom. The second-order valence-electron chi connectivity index (χ2n) is 3.70. The Labute approximate surface area is 93.0 Å². The Bertz CT molecular complexity index is 266. The number of carbonyl (C=O) groups excluding carboxylic acids is 2. The third-order valence-electron chi connectivity index (χ3n) is 2.64. The van der Waals surface area contributed by atoms with Gasteiger partial charge in [-0.3, -0.25) is 14.9 Å². The van der Waals surface area contributed by atoms with Crippen LogP contribution in [0.1, 0.15) is 6.42 Å². The summed E-state index contributed by atoms with van der Waals surface area (Å²) in [7, 11) is 0. The van der Waals surface area contributed by atoms with Crippen molar-refractivity contribution in [3.8, 4) is 0 Å². The predicted octanol–water partition coefficient (Wildman–Crippen LogP) is -1.00. The molecular weight excluding hydrogens is 214 g/mol. The molecule has 0 aromatic heterocycles. The molecule has 15 heavy (non-hydrogen) atoms. The van der Waals surface area contributed by atoms with Crippen LogP contribution in [0.15, 0.2) is 0 Å². The van der Waals surface area contributed by atoms with E-state index in [1.54, 1.807) is 16.7 Å². The molecule has 2 aliphatic rings. The molecule has 2 aliphatic heterocycles. The fourth-order valence-corrected chi connectivity index (χ4v) is 2.69. The zero-order valence-corrected chi connectivity index (χ0v) is 9.31. The number of nitrogens with one attached hydrogen (secondary N) is 2. The van der Waals surface area contributed by atoms with Crippen LogP contribution in [0.4, 0.5) is 0 Å². The van der Waals surface area contributed by atoms with Gasteiger partial charge in [-0.25, -0.2) is 0 Å². The van der Waals surface area contributed by atoms with Gasteiger partial charge in [0.25, 0.3) is 0 Å². The van der Waals surface area contributed by atoms with Gasteiger partial charge in [-0.15, -0.1) is 11.8 Å². The first kappa shape index (κ1) is 10.8. The van der Waals surface area contributed by atoms with Gasteiger partial charge in [-0.1, -0.05) is 0 Å². The summed E-state index contributed by atoms with van der Waals surface area (Å²) in [6, 6.07) is -0.0526. The molecule has 0 aliphatic carbocycles. The Kier molecular flexibility index (Phi) is 3.48. The molecule has 2 saturated heterocycles. The largest absolute Gasteiger partial charge is 0.354 e. The summed E-state index contributed by atoms with van der Waals surface area (Å²) in [6.45, 7) is 1.76. The number of nitrogens with zero attached hydrogens (tertiary/aromatic N) is 1. The summed E-state index contributed by atoms with van der Waals surface area (Å²) in [5, 5.41) is 5.91. The van der Waals surface area contributed by atoms with E-state index in [-0.39, 0.29) is 17.9 Å². The van der Waals surface area contributed by atoms with Crippen LogP contribution >= 0.6 is 11.8 Å². The van der Waals surface area contributed by atoms with Crippen LogP contribution in [0, 0.1) is 0 Å². The fraction of sp³-hybridized carbons (Fsp3) is 0.778. The van der Waals surface area contributed by atoms with Gasteiger partial charge in [0.05, 0.1) is 6.04 Å². The Morgan fingerprint density at radius 3 is 3.07 bits per heavy atom. The van der Waals surface area contributed by atoms with E-state index in [1.165, 1.54) is 0 Å². The van der Waals surface area contributed by atoms with E-state index in [2.05, 4.69) is 10.6 Å². The first-order valence-corrected chi connectivity index (χ1v) is 6.29. The van der Waals surface area contributed by atoms with E-state index in [1.807, 2.05) is 0 Å². The first-order chi connectivity index (χ1) is 7.27. The summed E-state index contributed by atoms with van der Waals surface area (Å²) in [4.78, 5) is 24.9. The number of thioether (sulfide) groups is 1. The van der Waals surface area contributed by atoms with Gasteiger partial charge >= 0.3 is 0 Å². The lowest BCUT2D eigenvalue weighted by Crippen LogP contribution is -2.46. The number of hydrogen-bond donors (Lipinski definition) is 2. The van der Waals surface area contributed by atoms with Crippen molar-refractivity contribution in [3.63, 3.8) is 0 Å². The minimum absolute atomic E-state index is 0.0408.